The Bertz CT molecular complexity index is 359. The standard InChI is InChI=1S/C10H12N2O2/c1-11(2)10(13)7-6-9-5-3-4-8-12(9)14/h3-8H,1-2H3/b7-6+. The summed E-state index contributed by atoms with van der Waals surface area (Å²) in [5.41, 5.74) is 0.447. The molecule has 0 bridgehead atoms. The molecule has 1 aromatic heterocycles. The summed E-state index contributed by atoms with van der Waals surface area (Å²) in [6, 6.07) is 5.03. The lowest BCUT2D eigenvalue weighted by atomic mass is 10.3. The predicted octanol–water partition coefficient (Wildman–Crippen LogP) is 0.421. The van der Waals surface area contributed by atoms with Gasteiger partial charge in [-0.15, -0.1) is 0 Å². The summed E-state index contributed by atoms with van der Waals surface area (Å²) in [6.07, 6.45) is 4.25. The molecule has 1 amide bonds. The van der Waals surface area contributed by atoms with Crippen molar-refractivity contribution in [3.05, 3.63) is 41.4 Å². The molecule has 1 heterocycles. The first-order valence-electron chi connectivity index (χ1n) is 4.19. The van der Waals surface area contributed by atoms with Crippen LogP contribution >= 0.6 is 0 Å². The lowest BCUT2D eigenvalue weighted by Crippen LogP contribution is -2.28. The Labute approximate surface area is 82.7 Å². The molecule has 0 spiro atoms. The highest BCUT2D eigenvalue weighted by Crippen LogP contribution is 1.94. The molecule has 0 aliphatic carbocycles. The van der Waals surface area contributed by atoms with Crippen LogP contribution in [0.25, 0.3) is 6.08 Å². The van der Waals surface area contributed by atoms with E-state index in [1.165, 1.54) is 23.2 Å². The molecule has 0 N–H and O–H groups in total. The zero-order valence-corrected chi connectivity index (χ0v) is 8.18. The fraction of sp³-hybridized carbons (Fsp3) is 0.200. The quantitative estimate of drug-likeness (QED) is 0.387. The maximum absolute atomic E-state index is 11.2. The molecular weight excluding hydrogens is 180 g/mol. The zero-order chi connectivity index (χ0) is 10.6. The third-order valence-corrected chi connectivity index (χ3v) is 1.69. The number of amides is 1. The van der Waals surface area contributed by atoms with Crippen molar-refractivity contribution in [1.82, 2.24) is 4.90 Å². The Balaban J connectivity index is 2.79. The van der Waals surface area contributed by atoms with E-state index in [9.17, 15) is 10.0 Å². The molecule has 0 radical (unpaired) electrons. The molecule has 4 heteroatoms. The fourth-order valence-electron chi connectivity index (χ4n) is 0.876. The van der Waals surface area contributed by atoms with Crippen LogP contribution in [0.2, 0.25) is 0 Å². The van der Waals surface area contributed by atoms with E-state index in [4.69, 9.17) is 0 Å². The summed E-state index contributed by atoms with van der Waals surface area (Å²) >= 11 is 0. The largest absolute Gasteiger partial charge is 0.618 e. The highest BCUT2D eigenvalue weighted by Gasteiger charge is 2.00. The van der Waals surface area contributed by atoms with Crippen molar-refractivity contribution in [2.45, 2.75) is 0 Å². The summed E-state index contributed by atoms with van der Waals surface area (Å²) in [6.45, 7) is 0. The highest BCUT2D eigenvalue weighted by molar-refractivity contribution is 5.90. The van der Waals surface area contributed by atoms with E-state index in [0.717, 1.165) is 0 Å². The van der Waals surface area contributed by atoms with Gasteiger partial charge in [0, 0.05) is 38.4 Å². The number of aromatic nitrogens is 1. The number of hydrogen-bond donors (Lipinski definition) is 0. The number of nitrogens with zero attached hydrogens (tertiary/aromatic N) is 2. The van der Waals surface area contributed by atoms with Gasteiger partial charge in [0.05, 0.1) is 0 Å². The second-order valence-corrected chi connectivity index (χ2v) is 3.02. The minimum atomic E-state index is -0.145. The Hall–Kier alpha value is -1.84. The van der Waals surface area contributed by atoms with Gasteiger partial charge in [-0.1, -0.05) is 0 Å². The first-order chi connectivity index (χ1) is 6.61. The number of likely N-dealkylation sites (N-methyl/N-ethyl adjacent to an activating group) is 1. The molecule has 0 aliphatic heterocycles. The summed E-state index contributed by atoms with van der Waals surface area (Å²) in [5, 5.41) is 11.1. The van der Waals surface area contributed by atoms with Gasteiger partial charge in [0.15, 0.2) is 6.20 Å². The SMILES string of the molecule is CN(C)C(=O)/C=C/c1cccc[n+]1[O-]. The van der Waals surface area contributed by atoms with E-state index in [1.54, 1.807) is 32.3 Å². The van der Waals surface area contributed by atoms with Crippen LogP contribution in [0.3, 0.4) is 0 Å². The first-order valence-corrected chi connectivity index (χ1v) is 4.19. The third-order valence-electron chi connectivity index (χ3n) is 1.69. The smallest absolute Gasteiger partial charge is 0.246 e. The van der Waals surface area contributed by atoms with Gasteiger partial charge < -0.3 is 10.1 Å². The van der Waals surface area contributed by atoms with Crippen LogP contribution in [-0.2, 0) is 4.79 Å². The molecule has 0 fully saturated rings. The van der Waals surface area contributed by atoms with Crippen LogP contribution in [-0.4, -0.2) is 24.9 Å². The maximum atomic E-state index is 11.2. The number of carbonyl (C=O) groups excluding carboxylic acids is 1. The molecule has 0 saturated carbocycles. The lowest BCUT2D eigenvalue weighted by molar-refractivity contribution is -0.607. The lowest BCUT2D eigenvalue weighted by Gasteiger charge is -2.05. The normalized spacial score (nSPS) is 10.4. The number of pyridine rings is 1. The molecule has 0 unspecified atom stereocenters. The van der Waals surface area contributed by atoms with Gasteiger partial charge in [0.1, 0.15) is 0 Å². The van der Waals surface area contributed by atoms with E-state index in [-0.39, 0.29) is 5.91 Å². The Morgan fingerprint density at radius 2 is 2.21 bits per heavy atom. The van der Waals surface area contributed by atoms with Crippen molar-refractivity contribution in [1.29, 1.82) is 0 Å². The molecule has 0 aromatic carbocycles. The average Bonchev–Trinajstić information content (AvgIpc) is 2.16. The Morgan fingerprint density at radius 3 is 2.79 bits per heavy atom. The minimum absolute atomic E-state index is 0.145. The second kappa shape index (κ2) is 4.41. The monoisotopic (exact) mass is 192 g/mol. The van der Waals surface area contributed by atoms with Crippen LogP contribution in [0.4, 0.5) is 0 Å². The van der Waals surface area contributed by atoms with Crippen molar-refractivity contribution in [2.75, 3.05) is 14.1 Å². The molecule has 1 aromatic rings. The van der Waals surface area contributed by atoms with Gasteiger partial charge in [-0.3, -0.25) is 4.79 Å². The number of carbonyl (C=O) groups is 1. The van der Waals surface area contributed by atoms with E-state index < -0.39 is 0 Å². The van der Waals surface area contributed by atoms with Gasteiger partial charge in [-0.25, -0.2) is 0 Å². The average molecular weight is 192 g/mol. The van der Waals surface area contributed by atoms with Crippen molar-refractivity contribution >= 4 is 12.0 Å². The molecule has 0 aliphatic rings. The summed E-state index contributed by atoms with van der Waals surface area (Å²) in [4.78, 5) is 12.6. The summed E-state index contributed by atoms with van der Waals surface area (Å²) in [5.74, 6) is -0.145. The predicted molar refractivity (Wildman–Crippen MR) is 53.1 cm³/mol. The van der Waals surface area contributed by atoms with Crippen LogP contribution in [0, 0.1) is 5.21 Å². The van der Waals surface area contributed by atoms with Gasteiger partial charge in [0.2, 0.25) is 11.6 Å². The molecular formula is C10H12N2O2. The second-order valence-electron chi connectivity index (χ2n) is 3.02. The van der Waals surface area contributed by atoms with E-state index in [2.05, 4.69) is 0 Å². The minimum Gasteiger partial charge on any atom is -0.618 e. The van der Waals surface area contributed by atoms with Crippen molar-refractivity contribution in [2.24, 2.45) is 0 Å². The van der Waals surface area contributed by atoms with E-state index in [0.29, 0.717) is 10.4 Å². The first kappa shape index (κ1) is 10.2. The molecule has 4 nitrogen and oxygen atoms in total. The van der Waals surface area contributed by atoms with Crippen molar-refractivity contribution < 1.29 is 9.52 Å². The Kier molecular flexibility index (Phi) is 3.23. The maximum Gasteiger partial charge on any atom is 0.246 e. The van der Waals surface area contributed by atoms with Crippen molar-refractivity contribution in [3.8, 4) is 0 Å². The number of hydrogen-bond acceptors (Lipinski definition) is 2. The van der Waals surface area contributed by atoms with Gasteiger partial charge >= 0.3 is 0 Å². The van der Waals surface area contributed by atoms with Crippen LogP contribution < -0.4 is 4.73 Å². The Morgan fingerprint density at radius 1 is 1.50 bits per heavy atom. The highest BCUT2D eigenvalue weighted by atomic mass is 16.5. The van der Waals surface area contributed by atoms with Gasteiger partial charge in [-0.05, 0) is 6.07 Å². The van der Waals surface area contributed by atoms with Crippen LogP contribution in [0.5, 0.6) is 0 Å². The molecule has 74 valence electrons. The van der Waals surface area contributed by atoms with E-state index >= 15 is 0 Å². The van der Waals surface area contributed by atoms with Gasteiger partial charge in [-0.2, -0.15) is 4.73 Å². The molecule has 14 heavy (non-hydrogen) atoms. The topological polar surface area (TPSA) is 47.2 Å². The summed E-state index contributed by atoms with van der Waals surface area (Å²) in [7, 11) is 3.31. The fourth-order valence-corrected chi connectivity index (χ4v) is 0.876. The number of rotatable bonds is 2. The third kappa shape index (κ3) is 2.58. The van der Waals surface area contributed by atoms with Gasteiger partial charge in [0.25, 0.3) is 0 Å². The van der Waals surface area contributed by atoms with Crippen molar-refractivity contribution in [3.63, 3.8) is 0 Å². The molecule has 0 saturated heterocycles. The summed E-state index contributed by atoms with van der Waals surface area (Å²) < 4.78 is 0.708. The zero-order valence-electron chi connectivity index (χ0n) is 8.18. The molecule has 0 atom stereocenters. The van der Waals surface area contributed by atoms with Crippen LogP contribution in [0.15, 0.2) is 30.5 Å². The van der Waals surface area contributed by atoms with E-state index in [1.807, 2.05) is 0 Å². The van der Waals surface area contributed by atoms with Crippen LogP contribution in [0.1, 0.15) is 5.69 Å². The molecule has 1 rings (SSSR count).